The molecule has 2 rings (SSSR count). The lowest BCUT2D eigenvalue weighted by molar-refractivity contribution is 0.0920. The van der Waals surface area contributed by atoms with E-state index in [-0.39, 0.29) is 18.2 Å². The van der Waals surface area contributed by atoms with E-state index in [4.69, 9.17) is 4.74 Å². The van der Waals surface area contributed by atoms with Gasteiger partial charge in [-0.15, -0.1) is 11.8 Å². The number of ether oxygens (including phenoxy) is 1. The van der Waals surface area contributed by atoms with Crippen molar-refractivity contribution in [1.29, 1.82) is 0 Å². The molecular weight excluding hydrogens is 275 g/mol. The van der Waals surface area contributed by atoms with Crippen LogP contribution in [0.3, 0.4) is 0 Å². The standard InChI is InChI=1S/C16H15FO2S/c1-11-3-6-13(17)9-16(11)19-10-15(18)12-4-7-14(20-2)8-5-12/h3-9H,10H2,1-2H3. The highest BCUT2D eigenvalue weighted by Crippen LogP contribution is 2.19. The molecule has 0 atom stereocenters. The minimum atomic E-state index is -0.373. The van der Waals surface area contributed by atoms with E-state index in [1.165, 1.54) is 12.1 Å². The second-order valence-electron chi connectivity index (χ2n) is 4.35. The molecular formula is C16H15FO2S. The van der Waals surface area contributed by atoms with Crippen molar-refractivity contribution in [1.82, 2.24) is 0 Å². The first-order valence-corrected chi connectivity index (χ1v) is 7.39. The number of Topliss-reactive ketones (excluding diaryl/α,β-unsaturated/α-hetero) is 1. The first-order chi connectivity index (χ1) is 9.60. The van der Waals surface area contributed by atoms with Crippen LogP contribution in [0.15, 0.2) is 47.4 Å². The van der Waals surface area contributed by atoms with Crippen molar-refractivity contribution in [2.24, 2.45) is 0 Å². The summed E-state index contributed by atoms with van der Waals surface area (Å²) >= 11 is 1.62. The summed E-state index contributed by atoms with van der Waals surface area (Å²) in [5, 5.41) is 0. The Morgan fingerprint density at radius 3 is 2.55 bits per heavy atom. The summed E-state index contributed by atoms with van der Waals surface area (Å²) in [6.07, 6.45) is 1.98. The molecule has 0 heterocycles. The van der Waals surface area contributed by atoms with Crippen LogP contribution < -0.4 is 4.74 Å². The van der Waals surface area contributed by atoms with Gasteiger partial charge in [-0.25, -0.2) is 4.39 Å². The molecule has 4 heteroatoms. The Morgan fingerprint density at radius 2 is 1.90 bits per heavy atom. The third-order valence-electron chi connectivity index (χ3n) is 2.92. The second-order valence-corrected chi connectivity index (χ2v) is 5.23. The summed E-state index contributed by atoms with van der Waals surface area (Å²) in [5.41, 5.74) is 1.40. The fourth-order valence-electron chi connectivity index (χ4n) is 1.73. The van der Waals surface area contributed by atoms with Gasteiger partial charge in [0.05, 0.1) is 0 Å². The summed E-state index contributed by atoms with van der Waals surface area (Å²) in [5.74, 6) is -0.0947. The molecule has 2 aromatic rings. The first-order valence-electron chi connectivity index (χ1n) is 6.16. The number of ketones is 1. The maximum Gasteiger partial charge on any atom is 0.200 e. The molecule has 0 saturated carbocycles. The predicted molar refractivity (Wildman–Crippen MR) is 79.2 cm³/mol. The van der Waals surface area contributed by atoms with E-state index in [0.717, 1.165) is 10.5 Å². The lowest BCUT2D eigenvalue weighted by Crippen LogP contribution is -2.12. The molecule has 0 unspecified atom stereocenters. The minimum absolute atomic E-state index is 0.0943. The van der Waals surface area contributed by atoms with Gasteiger partial charge in [0.2, 0.25) is 0 Å². The van der Waals surface area contributed by atoms with Crippen LogP contribution in [0, 0.1) is 12.7 Å². The van der Waals surface area contributed by atoms with E-state index in [9.17, 15) is 9.18 Å². The number of thioether (sulfide) groups is 1. The van der Waals surface area contributed by atoms with Gasteiger partial charge in [-0.2, -0.15) is 0 Å². The van der Waals surface area contributed by atoms with Crippen LogP contribution in [0.25, 0.3) is 0 Å². The molecule has 0 aliphatic carbocycles. The van der Waals surface area contributed by atoms with E-state index in [1.807, 2.05) is 25.3 Å². The number of rotatable bonds is 5. The van der Waals surface area contributed by atoms with Crippen LogP contribution in [0.1, 0.15) is 15.9 Å². The highest BCUT2D eigenvalue weighted by Gasteiger charge is 2.08. The number of hydrogen-bond acceptors (Lipinski definition) is 3. The second kappa shape index (κ2) is 6.57. The van der Waals surface area contributed by atoms with Gasteiger partial charge in [0, 0.05) is 16.5 Å². The quantitative estimate of drug-likeness (QED) is 0.612. The van der Waals surface area contributed by atoms with E-state index >= 15 is 0 Å². The summed E-state index contributed by atoms with van der Waals surface area (Å²) in [4.78, 5) is 13.1. The van der Waals surface area contributed by atoms with Gasteiger partial charge in [-0.05, 0) is 36.9 Å². The summed E-state index contributed by atoms with van der Waals surface area (Å²) in [7, 11) is 0. The highest BCUT2D eigenvalue weighted by molar-refractivity contribution is 7.98. The van der Waals surface area contributed by atoms with Gasteiger partial charge in [0.25, 0.3) is 0 Å². The number of carbonyl (C=O) groups is 1. The van der Waals surface area contributed by atoms with E-state index in [2.05, 4.69) is 0 Å². The molecule has 0 bridgehead atoms. The Bertz CT molecular complexity index is 608. The van der Waals surface area contributed by atoms with Crippen LogP contribution in [-0.2, 0) is 0 Å². The van der Waals surface area contributed by atoms with Crippen molar-refractivity contribution >= 4 is 17.5 Å². The van der Waals surface area contributed by atoms with Crippen molar-refractivity contribution in [2.75, 3.05) is 12.9 Å². The Hall–Kier alpha value is -1.81. The van der Waals surface area contributed by atoms with E-state index < -0.39 is 0 Å². The topological polar surface area (TPSA) is 26.3 Å². The fraction of sp³-hybridized carbons (Fsp3) is 0.188. The fourth-order valence-corrected chi connectivity index (χ4v) is 2.14. The van der Waals surface area contributed by atoms with Crippen molar-refractivity contribution in [3.63, 3.8) is 0 Å². The Balaban J connectivity index is 2.02. The predicted octanol–water partition coefficient (Wildman–Crippen LogP) is 4.12. The molecule has 104 valence electrons. The lowest BCUT2D eigenvalue weighted by atomic mass is 10.1. The summed E-state index contributed by atoms with van der Waals surface area (Å²) < 4.78 is 18.5. The van der Waals surface area contributed by atoms with Gasteiger partial charge in [0.15, 0.2) is 12.4 Å². The van der Waals surface area contributed by atoms with Crippen molar-refractivity contribution in [3.8, 4) is 5.75 Å². The van der Waals surface area contributed by atoms with E-state index in [1.54, 1.807) is 30.0 Å². The molecule has 0 fully saturated rings. The molecule has 0 radical (unpaired) electrons. The molecule has 0 aromatic heterocycles. The molecule has 2 aromatic carbocycles. The summed E-state index contributed by atoms with van der Waals surface area (Å²) in [6.45, 7) is 1.72. The smallest absolute Gasteiger partial charge is 0.200 e. The molecule has 2 nitrogen and oxygen atoms in total. The minimum Gasteiger partial charge on any atom is -0.485 e. The number of aryl methyl sites for hydroxylation is 1. The van der Waals surface area contributed by atoms with Crippen molar-refractivity contribution in [2.45, 2.75) is 11.8 Å². The molecule has 0 saturated heterocycles. The average Bonchev–Trinajstić information content (AvgIpc) is 2.48. The van der Waals surface area contributed by atoms with E-state index in [0.29, 0.717) is 11.3 Å². The van der Waals surface area contributed by atoms with Crippen LogP contribution in [0.2, 0.25) is 0 Å². The third kappa shape index (κ3) is 3.61. The zero-order chi connectivity index (χ0) is 14.5. The Labute approximate surface area is 122 Å². The SMILES string of the molecule is CSc1ccc(C(=O)COc2cc(F)ccc2C)cc1. The number of halogens is 1. The van der Waals surface area contributed by atoms with Crippen LogP contribution in [0.5, 0.6) is 5.75 Å². The monoisotopic (exact) mass is 290 g/mol. The van der Waals surface area contributed by atoms with Crippen LogP contribution >= 0.6 is 11.8 Å². The first kappa shape index (κ1) is 14.6. The molecule has 20 heavy (non-hydrogen) atoms. The molecule has 0 N–H and O–H groups in total. The van der Waals surface area contributed by atoms with Crippen LogP contribution in [-0.4, -0.2) is 18.6 Å². The third-order valence-corrected chi connectivity index (χ3v) is 3.66. The largest absolute Gasteiger partial charge is 0.485 e. The summed E-state index contributed by atoms with van der Waals surface area (Å²) in [6, 6.07) is 11.6. The number of benzene rings is 2. The molecule has 0 aliphatic heterocycles. The van der Waals surface area contributed by atoms with Gasteiger partial charge in [-0.3, -0.25) is 4.79 Å². The Morgan fingerprint density at radius 1 is 1.20 bits per heavy atom. The van der Waals surface area contributed by atoms with Crippen LogP contribution in [0.4, 0.5) is 4.39 Å². The number of hydrogen-bond donors (Lipinski definition) is 0. The zero-order valence-corrected chi connectivity index (χ0v) is 12.2. The van der Waals surface area contributed by atoms with Crippen molar-refractivity contribution < 1.29 is 13.9 Å². The lowest BCUT2D eigenvalue weighted by Gasteiger charge is -2.08. The number of carbonyl (C=O) groups excluding carboxylic acids is 1. The maximum absolute atomic E-state index is 13.1. The van der Waals surface area contributed by atoms with Gasteiger partial charge >= 0.3 is 0 Å². The molecule has 0 amide bonds. The Kier molecular flexibility index (Phi) is 4.79. The molecule has 0 spiro atoms. The average molecular weight is 290 g/mol. The van der Waals surface area contributed by atoms with Crippen molar-refractivity contribution in [3.05, 3.63) is 59.4 Å². The molecule has 0 aliphatic rings. The zero-order valence-electron chi connectivity index (χ0n) is 11.4. The van der Waals surface area contributed by atoms with Gasteiger partial charge < -0.3 is 4.74 Å². The highest BCUT2D eigenvalue weighted by atomic mass is 32.2. The normalized spacial score (nSPS) is 10.3. The maximum atomic E-state index is 13.1. The van der Waals surface area contributed by atoms with Gasteiger partial charge in [-0.1, -0.05) is 18.2 Å². The van der Waals surface area contributed by atoms with Gasteiger partial charge in [0.1, 0.15) is 11.6 Å².